The van der Waals surface area contributed by atoms with E-state index in [-0.39, 0.29) is 11.7 Å². The Morgan fingerprint density at radius 1 is 0.951 bits per heavy atom. The Labute approximate surface area is 234 Å². The molecule has 0 aliphatic carbocycles. The molecule has 1 aliphatic heterocycles. The van der Waals surface area contributed by atoms with Crippen LogP contribution in [0.4, 0.5) is 10.1 Å². The predicted molar refractivity (Wildman–Crippen MR) is 156 cm³/mol. The van der Waals surface area contributed by atoms with Crippen molar-refractivity contribution in [1.82, 2.24) is 35.5 Å². The summed E-state index contributed by atoms with van der Waals surface area (Å²) in [5.41, 5.74) is 6.20. The Morgan fingerprint density at radius 2 is 1.80 bits per heavy atom. The molecule has 7 rings (SSSR count). The summed E-state index contributed by atoms with van der Waals surface area (Å²) in [6.07, 6.45) is 9.31. The molecule has 6 heterocycles. The number of halogens is 1. The van der Waals surface area contributed by atoms with E-state index in [1.54, 1.807) is 43.0 Å². The number of carbonyl (C=O) groups excluding carboxylic acids is 1. The van der Waals surface area contributed by atoms with Crippen molar-refractivity contribution in [1.29, 1.82) is 0 Å². The predicted octanol–water partition coefficient (Wildman–Crippen LogP) is 5.70. The highest BCUT2D eigenvalue weighted by Crippen LogP contribution is 2.34. The number of benzene rings is 1. The number of fused-ring (bicyclic) bond motifs is 2. The number of amides is 1. The largest absolute Gasteiger partial charge is 0.353 e. The number of H-pyrrole nitrogens is 2. The second-order valence-corrected chi connectivity index (χ2v) is 10.4. The van der Waals surface area contributed by atoms with Crippen molar-refractivity contribution < 1.29 is 9.18 Å². The fraction of sp³-hybridized carbons (Fsp3) is 0.194. The van der Waals surface area contributed by atoms with Gasteiger partial charge in [0.1, 0.15) is 11.5 Å². The number of piperidine rings is 1. The number of hydrogen-bond donors (Lipinski definition) is 4. The number of aromatic nitrogens is 6. The summed E-state index contributed by atoms with van der Waals surface area (Å²) in [4.78, 5) is 29.5. The molecule has 6 aromatic rings. The Balaban J connectivity index is 1.20. The maximum atomic E-state index is 14.6. The molecule has 5 aromatic heterocycles. The molecule has 0 spiro atoms. The first-order valence-corrected chi connectivity index (χ1v) is 13.7. The maximum absolute atomic E-state index is 14.6. The van der Waals surface area contributed by atoms with E-state index in [9.17, 15) is 9.18 Å². The van der Waals surface area contributed by atoms with Crippen LogP contribution in [0.1, 0.15) is 19.3 Å². The third kappa shape index (κ3) is 4.93. The molecule has 204 valence electrons. The Hall–Kier alpha value is -4.96. The van der Waals surface area contributed by atoms with E-state index < -0.39 is 0 Å². The minimum Gasteiger partial charge on any atom is -0.353 e. The van der Waals surface area contributed by atoms with E-state index in [4.69, 9.17) is 0 Å². The molecule has 10 heteroatoms. The van der Waals surface area contributed by atoms with Crippen molar-refractivity contribution in [2.75, 3.05) is 18.4 Å². The van der Waals surface area contributed by atoms with Crippen LogP contribution in [-0.2, 0) is 4.79 Å². The highest BCUT2D eigenvalue weighted by Gasteiger charge is 2.18. The van der Waals surface area contributed by atoms with Gasteiger partial charge in [0.05, 0.1) is 40.7 Å². The number of anilines is 1. The average Bonchev–Trinajstić information content (AvgIpc) is 3.62. The topological polar surface area (TPSA) is 124 Å². The van der Waals surface area contributed by atoms with Crippen LogP contribution in [0.3, 0.4) is 0 Å². The summed E-state index contributed by atoms with van der Waals surface area (Å²) in [6.45, 7) is 1.92. The molecule has 0 bridgehead atoms. The lowest BCUT2D eigenvalue weighted by Gasteiger charge is -2.21. The lowest BCUT2D eigenvalue weighted by molar-refractivity contribution is -0.117. The third-order valence-corrected chi connectivity index (χ3v) is 7.63. The first-order chi connectivity index (χ1) is 20.1. The zero-order valence-corrected chi connectivity index (χ0v) is 22.1. The van der Waals surface area contributed by atoms with Crippen LogP contribution in [0.5, 0.6) is 0 Å². The van der Waals surface area contributed by atoms with E-state index in [1.165, 1.54) is 6.07 Å². The van der Waals surface area contributed by atoms with Crippen LogP contribution in [0.2, 0.25) is 0 Å². The number of rotatable bonds is 6. The van der Waals surface area contributed by atoms with Crippen molar-refractivity contribution in [3.8, 4) is 33.9 Å². The highest BCUT2D eigenvalue weighted by atomic mass is 19.1. The fourth-order valence-electron chi connectivity index (χ4n) is 5.54. The number of nitrogens with one attached hydrogen (secondary N) is 4. The molecular weight excluding hydrogens is 519 g/mol. The van der Waals surface area contributed by atoms with Gasteiger partial charge in [-0.2, -0.15) is 5.10 Å². The van der Waals surface area contributed by atoms with E-state index in [0.29, 0.717) is 40.7 Å². The minimum atomic E-state index is -0.325. The molecule has 1 aromatic carbocycles. The van der Waals surface area contributed by atoms with Gasteiger partial charge in [-0.1, -0.05) is 12.1 Å². The molecule has 0 atom stereocenters. The molecule has 0 unspecified atom stereocenters. The lowest BCUT2D eigenvalue weighted by atomic mass is 9.94. The van der Waals surface area contributed by atoms with Gasteiger partial charge in [-0.15, -0.1) is 0 Å². The van der Waals surface area contributed by atoms with Crippen LogP contribution in [0.15, 0.2) is 73.3 Å². The Kier molecular flexibility index (Phi) is 6.44. The van der Waals surface area contributed by atoms with Gasteiger partial charge in [-0.05, 0) is 68.2 Å². The van der Waals surface area contributed by atoms with Gasteiger partial charge < -0.3 is 15.6 Å². The van der Waals surface area contributed by atoms with Crippen LogP contribution < -0.4 is 10.6 Å². The van der Waals surface area contributed by atoms with Gasteiger partial charge in [0.25, 0.3) is 0 Å². The van der Waals surface area contributed by atoms with Gasteiger partial charge in [-0.3, -0.25) is 24.8 Å². The summed E-state index contributed by atoms with van der Waals surface area (Å²) in [7, 11) is 0. The summed E-state index contributed by atoms with van der Waals surface area (Å²) in [5.74, 6) is 0.0770. The van der Waals surface area contributed by atoms with Crippen molar-refractivity contribution in [2.45, 2.75) is 19.3 Å². The van der Waals surface area contributed by atoms with E-state index in [0.717, 1.165) is 59.0 Å². The zero-order valence-electron chi connectivity index (χ0n) is 22.1. The normalized spacial score (nSPS) is 14.1. The number of pyridine rings is 3. The quantitative estimate of drug-likeness (QED) is 0.213. The van der Waals surface area contributed by atoms with Crippen molar-refractivity contribution in [3.05, 3.63) is 79.1 Å². The second-order valence-electron chi connectivity index (χ2n) is 10.4. The maximum Gasteiger partial charge on any atom is 0.224 e. The van der Waals surface area contributed by atoms with Crippen molar-refractivity contribution >= 4 is 33.4 Å². The molecule has 0 saturated carbocycles. The van der Waals surface area contributed by atoms with Gasteiger partial charge in [0.2, 0.25) is 5.91 Å². The SMILES string of the molecule is O=C(CC1CCNCC1)Nc1cncc(-c2cc3c(-c4cc5c(-c6ccccc6F)nccc5[nH]4)n[nH]c3cn2)c1. The monoisotopic (exact) mass is 546 g/mol. The van der Waals surface area contributed by atoms with Crippen LogP contribution in [0, 0.1) is 11.7 Å². The van der Waals surface area contributed by atoms with Gasteiger partial charge in [0, 0.05) is 46.2 Å². The van der Waals surface area contributed by atoms with Gasteiger partial charge in [-0.25, -0.2) is 4.39 Å². The van der Waals surface area contributed by atoms with Crippen LogP contribution >= 0.6 is 0 Å². The standard InChI is InChI=1S/C31H27FN8O/c32-24-4-2-1-3-21(24)30-22-14-27(38-25(22)7-10-35-30)31-23-13-26(36-17-28(23)39-40-31)19-12-20(16-34-15-19)37-29(41)11-18-5-8-33-9-6-18/h1-4,7,10,12-18,33,38H,5-6,8-9,11H2,(H,37,41)(H,39,40). The number of hydrogen-bond acceptors (Lipinski definition) is 6. The summed E-state index contributed by atoms with van der Waals surface area (Å²) >= 11 is 0. The number of nitrogens with zero attached hydrogens (tertiary/aromatic N) is 4. The molecule has 1 amide bonds. The van der Waals surface area contributed by atoms with Crippen molar-refractivity contribution in [2.24, 2.45) is 5.92 Å². The van der Waals surface area contributed by atoms with Gasteiger partial charge in [0.15, 0.2) is 0 Å². The number of aromatic amines is 2. The third-order valence-electron chi connectivity index (χ3n) is 7.63. The van der Waals surface area contributed by atoms with Crippen LogP contribution in [-0.4, -0.2) is 49.1 Å². The van der Waals surface area contributed by atoms with Crippen molar-refractivity contribution in [3.63, 3.8) is 0 Å². The Morgan fingerprint density at radius 3 is 2.68 bits per heavy atom. The summed E-state index contributed by atoms with van der Waals surface area (Å²) < 4.78 is 14.6. The summed E-state index contributed by atoms with van der Waals surface area (Å²) in [6, 6.07) is 14.3. The van der Waals surface area contributed by atoms with E-state index in [1.807, 2.05) is 24.3 Å². The molecular formula is C31H27FN8O. The van der Waals surface area contributed by atoms with Gasteiger partial charge >= 0.3 is 0 Å². The fourth-order valence-corrected chi connectivity index (χ4v) is 5.54. The first-order valence-electron chi connectivity index (χ1n) is 13.7. The first kappa shape index (κ1) is 25.0. The Bertz CT molecular complexity index is 1890. The van der Waals surface area contributed by atoms with Crippen LogP contribution in [0.25, 0.3) is 55.7 Å². The smallest absolute Gasteiger partial charge is 0.224 e. The molecule has 4 N–H and O–H groups in total. The summed E-state index contributed by atoms with van der Waals surface area (Å²) in [5, 5.41) is 15.6. The zero-order chi connectivity index (χ0) is 27.8. The molecule has 0 radical (unpaired) electrons. The lowest BCUT2D eigenvalue weighted by Crippen LogP contribution is -2.30. The molecule has 9 nitrogen and oxygen atoms in total. The number of carbonyl (C=O) groups is 1. The average molecular weight is 547 g/mol. The molecule has 41 heavy (non-hydrogen) atoms. The molecule has 1 saturated heterocycles. The molecule has 1 aliphatic rings. The van der Waals surface area contributed by atoms with E-state index >= 15 is 0 Å². The minimum absolute atomic E-state index is 0.000522. The molecule has 1 fully saturated rings. The van der Waals surface area contributed by atoms with E-state index in [2.05, 4.69) is 40.8 Å². The second kappa shape index (κ2) is 10.5. The highest BCUT2D eigenvalue weighted by molar-refractivity contribution is 6.00.